The van der Waals surface area contributed by atoms with Crippen LogP contribution in [0.25, 0.3) is 22.8 Å². The summed E-state index contributed by atoms with van der Waals surface area (Å²) in [4.78, 5) is 31.4. The third-order valence-corrected chi connectivity index (χ3v) is 7.05. The molecular formula is C27H27BrN4O2. The summed E-state index contributed by atoms with van der Waals surface area (Å²) in [6, 6.07) is 14.5. The number of hydrogen-bond acceptors (Lipinski definition) is 3. The number of benzene rings is 2. The van der Waals surface area contributed by atoms with E-state index in [-0.39, 0.29) is 23.9 Å². The van der Waals surface area contributed by atoms with Gasteiger partial charge < -0.3 is 20.5 Å². The predicted octanol–water partition coefficient (Wildman–Crippen LogP) is 5.07. The zero-order chi connectivity index (χ0) is 24.0. The van der Waals surface area contributed by atoms with E-state index in [9.17, 15) is 9.59 Å². The van der Waals surface area contributed by atoms with Crippen molar-refractivity contribution in [3.8, 4) is 11.1 Å². The molecule has 3 heterocycles. The smallest absolute Gasteiger partial charge is 0.256 e. The van der Waals surface area contributed by atoms with Crippen LogP contribution in [0.3, 0.4) is 0 Å². The van der Waals surface area contributed by atoms with Crippen LogP contribution in [0.4, 0.5) is 5.69 Å². The lowest BCUT2D eigenvalue weighted by molar-refractivity contribution is -0.110. The molecular weight excluding hydrogens is 492 g/mol. The van der Waals surface area contributed by atoms with Crippen molar-refractivity contribution in [1.82, 2.24) is 15.2 Å². The van der Waals surface area contributed by atoms with E-state index in [1.165, 1.54) is 0 Å². The van der Waals surface area contributed by atoms with Crippen LogP contribution in [-0.4, -0.2) is 46.9 Å². The molecule has 2 aromatic carbocycles. The normalized spacial score (nSPS) is 21.0. The summed E-state index contributed by atoms with van der Waals surface area (Å²) >= 11 is 3.49. The molecule has 3 aromatic rings. The molecule has 0 spiro atoms. The van der Waals surface area contributed by atoms with E-state index in [1.54, 1.807) is 6.20 Å². The Labute approximate surface area is 207 Å². The highest BCUT2D eigenvalue weighted by Gasteiger charge is 2.30. The highest BCUT2D eigenvalue weighted by Crippen LogP contribution is 2.40. The number of aromatic nitrogens is 1. The molecule has 3 N–H and O–H groups in total. The molecule has 1 fully saturated rings. The lowest BCUT2D eigenvalue weighted by atomic mass is 9.94. The second-order valence-electron chi connectivity index (χ2n) is 9.17. The van der Waals surface area contributed by atoms with E-state index >= 15 is 0 Å². The average molecular weight is 519 g/mol. The Kier molecular flexibility index (Phi) is 5.91. The predicted molar refractivity (Wildman–Crippen MR) is 140 cm³/mol. The number of rotatable bonds is 3. The first-order chi connectivity index (χ1) is 16.3. The molecule has 7 heteroatoms. The van der Waals surface area contributed by atoms with Crippen molar-refractivity contribution in [3.05, 3.63) is 75.5 Å². The second-order valence-corrected chi connectivity index (χ2v) is 10.1. The number of fused-ring (bicyclic) bond motifs is 1. The van der Waals surface area contributed by atoms with Crippen LogP contribution in [0.5, 0.6) is 0 Å². The molecule has 0 unspecified atom stereocenters. The first kappa shape index (κ1) is 22.6. The van der Waals surface area contributed by atoms with Crippen molar-refractivity contribution in [3.63, 3.8) is 0 Å². The number of carbonyl (C=O) groups excluding carboxylic acids is 2. The molecule has 2 amide bonds. The van der Waals surface area contributed by atoms with Gasteiger partial charge in [-0.05, 0) is 61.7 Å². The van der Waals surface area contributed by atoms with E-state index in [0.717, 1.165) is 38.1 Å². The Balaban J connectivity index is 1.52. The average Bonchev–Trinajstić information content (AvgIpc) is 3.32. The molecule has 1 saturated heterocycles. The summed E-state index contributed by atoms with van der Waals surface area (Å²) in [5, 5.41) is 6.45. The highest BCUT2D eigenvalue weighted by atomic mass is 79.9. The summed E-state index contributed by atoms with van der Waals surface area (Å²) in [7, 11) is 0. The van der Waals surface area contributed by atoms with Crippen molar-refractivity contribution in [1.29, 1.82) is 0 Å². The first-order valence-electron chi connectivity index (χ1n) is 11.5. The van der Waals surface area contributed by atoms with Gasteiger partial charge >= 0.3 is 0 Å². The van der Waals surface area contributed by atoms with Crippen LogP contribution in [-0.2, 0) is 4.79 Å². The van der Waals surface area contributed by atoms with Gasteiger partial charge in [0.1, 0.15) is 0 Å². The number of aromatic amines is 1. The number of carbonyl (C=O) groups is 2. The number of hydrogen-bond donors (Lipinski definition) is 3. The van der Waals surface area contributed by atoms with Crippen LogP contribution in [0, 0.1) is 6.92 Å². The Bertz CT molecular complexity index is 1300. The number of piperazine rings is 1. The highest BCUT2D eigenvalue weighted by molar-refractivity contribution is 9.10. The second kappa shape index (κ2) is 8.89. The molecule has 2 aliphatic heterocycles. The number of amides is 2. The zero-order valence-corrected chi connectivity index (χ0v) is 21.0. The minimum absolute atomic E-state index is 0.0189. The van der Waals surface area contributed by atoms with Gasteiger partial charge in [-0.1, -0.05) is 40.2 Å². The molecule has 5 rings (SSSR count). The fourth-order valence-electron chi connectivity index (χ4n) is 4.95. The summed E-state index contributed by atoms with van der Waals surface area (Å²) in [6.45, 7) is 7.47. The summed E-state index contributed by atoms with van der Waals surface area (Å²) in [5.41, 5.74) is 6.53. The zero-order valence-electron chi connectivity index (χ0n) is 19.4. The Morgan fingerprint density at radius 1 is 1.09 bits per heavy atom. The van der Waals surface area contributed by atoms with E-state index in [4.69, 9.17) is 0 Å². The van der Waals surface area contributed by atoms with Gasteiger partial charge in [0, 0.05) is 52.8 Å². The summed E-state index contributed by atoms with van der Waals surface area (Å²) in [5.74, 6) is -0.128. The monoisotopic (exact) mass is 518 g/mol. The first-order valence-corrected chi connectivity index (χ1v) is 12.3. The van der Waals surface area contributed by atoms with Crippen LogP contribution >= 0.6 is 15.9 Å². The maximum Gasteiger partial charge on any atom is 0.256 e. The molecule has 2 aliphatic rings. The molecule has 2 atom stereocenters. The fraction of sp³-hybridized carbons (Fsp3) is 0.259. The third kappa shape index (κ3) is 4.10. The molecule has 0 aliphatic carbocycles. The number of anilines is 1. The maximum absolute atomic E-state index is 13.3. The van der Waals surface area contributed by atoms with E-state index in [1.807, 2.05) is 60.4 Å². The van der Waals surface area contributed by atoms with E-state index < -0.39 is 0 Å². The number of nitrogens with one attached hydrogen (secondary N) is 3. The SMILES string of the molecule is Cc1c(C(=O)N2C[C@H](C)N[C@@H](C)C2)c[nH]c1C=C1C(=O)Nc2cccc(-c3ccc(Br)cc3)c21. The van der Waals surface area contributed by atoms with Gasteiger partial charge in [-0.3, -0.25) is 9.59 Å². The fourth-order valence-corrected chi connectivity index (χ4v) is 5.21. The van der Waals surface area contributed by atoms with Gasteiger partial charge in [0.2, 0.25) is 0 Å². The van der Waals surface area contributed by atoms with Crippen LogP contribution in [0.15, 0.2) is 53.1 Å². The van der Waals surface area contributed by atoms with Gasteiger partial charge in [0.05, 0.1) is 11.1 Å². The summed E-state index contributed by atoms with van der Waals surface area (Å²) < 4.78 is 1.00. The topological polar surface area (TPSA) is 77.2 Å². The van der Waals surface area contributed by atoms with Crippen molar-refractivity contribution in [2.45, 2.75) is 32.9 Å². The lowest BCUT2D eigenvalue weighted by Gasteiger charge is -2.36. The van der Waals surface area contributed by atoms with Gasteiger partial charge in [0.25, 0.3) is 11.8 Å². The Hall–Kier alpha value is -3.16. The van der Waals surface area contributed by atoms with Gasteiger partial charge in [-0.15, -0.1) is 0 Å². The Morgan fingerprint density at radius 3 is 2.50 bits per heavy atom. The van der Waals surface area contributed by atoms with Crippen LogP contribution < -0.4 is 10.6 Å². The number of halogens is 1. The lowest BCUT2D eigenvalue weighted by Crippen LogP contribution is -2.55. The largest absolute Gasteiger partial charge is 0.361 e. The standard InChI is InChI=1S/C27H27BrN4O2/c1-15-13-32(14-16(2)30-15)27(34)22-12-29-24(17(22)3)11-21-25-20(18-7-9-19(28)10-8-18)5-4-6-23(25)31-26(21)33/h4-12,15-16,29-30H,13-14H2,1-3H3,(H,31,33)/t15-,16-/m0/s1. The number of nitrogens with zero attached hydrogens (tertiary/aromatic N) is 1. The molecule has 1 aromatic heterocycles. The minimum atomic E-state index is -0.147. The minimum Gasteiger partial charge on any atom is -0.361 e. The van der Waals surface area contributed by atoms with Crippen LogP contribution in [0.1, 0.15) is 41.0 Å². The van der Waals surface area contributed by atoms with E-state index in [0.29, 0.717) is 24.2 Å². The third-order valence-electron chi connectivity index (χ3n) is 6.53. The van der Waals surface area contributed by atoms with Crippen molar-refractivity contribution in [2.75, 3.05) is 18.4 Å². The molecule has 0 saturated carbocycles. The molecule has 0 radical (unpaired) electrons. The maximum atomic E-state index is 13.3. The van der Waals surface area contributed by atoms with Crippen molar-refractivity contribution < 1.29 is 9.59 Å². The van der Waals surface area contributed by atoms with Crippen LogP contribution in [0.2, 0.25) is 0 Å². The Morgan fingerprint density at radius 2 is 1.79 bits per heavy atom. The molecule has 6 nitrogen and oxygen atoms in total. The summed E-state index contributed by atoms with van der Waals surface area (Å²) in [6.07, 6.45) is 3.62. The molecule has 0 bridgehead atoms. The number of H-pyrrole nitrogens is 1. The van der Waals surface area contributed by atoms with Crippen molar-refractivity contribution >= 4 is 45.1 Å². The molecule has 34 heavy (non-hydrogen) atoms. The van der Waals surface area contributed by atoms with Gasteiger partial charge in [-0.2, -0.15) is 0 Å². The van der Waals surface area contributed by atoms with E-state index in [2.05, 4.69) is 45.4 Å². The molecule has 174 valence electrons. The van der Waals surface area contributed by atoms with Crippen molar-refractivity contribution in [2.24, 2.45) is 0 Å². The van der Waals surface area contributed by atoms with Gasteiger partial charge in [0.15, 0.2) is 0 Å². The van der Waals surface area contributed by atoms with Gasteiger partial charge in [-0.25, -0.2) is 0 Å². The quantitative estimate of drug-likeness (QED) is 0.423.